The van der Waals surface area contributed by atoms with Crippen LogP contribution in [0.4, 0.5) is 0 Å². The van der Waals surface area contributed by atoms with Gasteiger partial charge in [0.25, 0.3) is 0 Å². The van der Waals surface area contributed by atoms with Crippen molar-refractivity contribution in [3.63, 3.8) is 0 Å². The quantitative estimate of drug-likeness (QED) is 0.0222. The Hall–Kier alpha value is -1.94. The number of ether oxygens (including phenoxy) is 4. The molecule has 0 fully saturated rings. The topological polar surface area (TPSA) is 237 Å². The van der Waals surface area contributed by atoms with E-state index in [1.54, 1.807) is 0 Å². The molecule has 0 saturated heterocycles. The van der Waals surface area contributed by atoms with Gasteiger partial charge in [-0.15, -0.1) is 0 Å². The summed E-state index contributed by atoms with van der Waals surface area (Å²) in [7, 11) is -9.92. The summed E-state index contributed by atoms with van der Waals surface area (Å²) in [5.41, 5.74) is 0. The fourth-order valence-electron chi connectivity index (χ4n) is 12.9. The Kier molecular flexibility index (Phi) is 73.1. The Morgan fingerprint density at radius 2 is 0.500 bits per heavy atom. The molecule has 0 heterocycles. The summed E-state index contributed by atoms with van der Waals surface area (Å²) in [6.07, 6.45) is 65.2. The molecule has 0 aliphatic rings. The smallest absolute Gasteiger partial charge is 0.462 e. The highest BCUT2D eigenvalue weighted by molar-refractivity contribution is 7.47. The summed E-state index contributed by atoms with van der Waals surface area (Å²) in [4.78, 5) is 73.1. The van der Waals surface area contributed by atoms with Crippen LogP contribution in [0.2, 0.25) is 0 Å². The lowest BCUT2D eigenvalue weighted by molar-refractivity contribution is -0.161. The third-order valence-corrected chi connectivity index (χ3v) is 21.7. The molecule has 102 heavy (non-hydrogen) atoms. The van der Waals surface area contributed by atoms with Crippen LogP contribution in [-0.2, 0) is 65.4 Å². The van der Waals surface area contributed by atoms with Crippen LogP contribution in [0.1, 0.15) is 440 Å². The van der Waals surface area contributed by atoms with Gasteiger partial charge in [0, 0.05) is 25.7 Å². The van der Waals surface area contributed by atoms with Crippen molar-refractivity contribution in [2.75, 3.05) is 39.6 Å². The SMILES string of the molecule is CCCCCCCCCCCCCCCCCCCCC(=O)O[C@H](COC(=O)CCCCCCCCCCCCCCCCC(C)C)COP(=O)(O)OC[C@@H](O)COP(=O)(O)OC[C@@H](COC(=O)CCCCCCCCC(C)CC)OC(=O)CCCCCCCCCCCCCCCCCCC. The number of hydrogen-bond acceptors (Lipinski definition) is 15. The number of aliphatic hydroxyl groups is 1. The molecular formula is C83H162O17P2. The van der Waals surface area contributed by atoms with Crippen LogP contribution < -0.4 is 0 Å². The van der Waals surface area contributed by atoms with Crippen molar-refractivity contribution in [3.8, 4) is 0 Å². The molecule has 0 spiro atoms. The molecular weight excluding hydrogens is 1330 g/mol. The van der Waals surface area contributed by atoms with Gasteiger partial charge in [0.05, 0.1) is 26.4 Å². The molecule has 6 atom stereocenters. The van der Waals surface area contributed by atoms with Crippen molar-refractivity contribution in [1.29, 1.82) is 0 Å². The van der Waals surface area contributed by atoms with E-state index in [0.29, 0.717) is 25.7 Å². The summed E-state index contributed by atoms with van der Waals surface area (Å²) < 4.78 is 68.8. The van der Waals surface area contributed by atoms with Gasteiger partial charge < -0.3 is 33.8 Å². The molecule has 606 valence electrons. The van der Waals surface area contributed by atoms with Gasteiger partial charge in [0.1, 0.15) is 19.3 Å². The summed E-state index contributed by atoms with van der Waals surface area (Å²) in [5, 5.41) is 10.7. The number of phosphoric acid groups is 2. The zero-order chi connectivity index (χ0) is 74.9. The highest BCUT2D eigenvalue weighted by Gasteiger charge is 2.30. The molecule has 0 radical (unpaired) electrons. The van der Waals surface area contributed by atoms with Gasteiger partial charge in [0.2, 0.25) is 0 Å². The molecule has 17 nitrogen and oxygen atoms in total. The monoisotopic (exact) mass is 1490 g/mol. The first-order valence-electron chi connectivity index (χ1n) is 43.0. The number of hydrogen-bond donors (Lipinski definition) is 3. The van der Waals surface area contributed by atoms with Gasteiger partial charge in [-0.25, -0.2) is 9.13 Å². The molecule has 0 aromatic rings. The lowest BCUT2D eigenvalue weighted by atomic mass is 10.00. The minimum atomic E-state index is -4.96. The minimum Gasteiger partial charge on any atom is -0.462 e. The van der Waals surface area contributed by atoms with E-state index in [1.165, 1.54) is 250 Å². The van der Waals surface area contributed by atoms with E-state index in [-0.39, 0.29) is 25.7 Å². The van der Waals surface area contributed by atoms with Crippen molar-refractivity contribution in [3.05, 3.63) is 0 Å². The van der Waals surface area contributed by atoms with Crippen LogP contribution >= 0.6 is 15.6 Å². The standard InChI is InChI=1S/C83H162O17P2/c1-7-10-12-14-16-18-20-22-24-26-28-30-36-40-44-48-56-61-67-82(87)99-78(71-93-80(85)65-59-53-46-42-38-34-32-31-33-37-41-45-51-57-63-75(4)5)73-97-101(89,90)95-69-77(84)70-96-102(91,92)98-74-79(72-94-81(86)66-60-54-50-49-52-58-64-76(6)9-3)100-83(88)68-62-55-47-43-39-35-29-27-25-23-21-19-17-15-13-11-8-2/h75-79,84H,7-74H2,1-6H3,(H,89,90)(H,91,92)/t76?,77-,78-,79-/m1/s1. The van der Waals surface area contributed by atoms with Gasteiger partial charge in [-0.05, 0) is 37.5 Å². The van der Waals surface area contributed by atoms with Gasteiger partial charge in [-0.1, -0.05) is 388 Å². The molecule has 0 aliphatic carbocycles. The number of phosphoric ester groups is 2. The molecule has 3 N–H and O–H groups in total. The van der Waals surface area contributed by atoms with E-state index in [2.05, 4.69) is 41.5 Å². The van der Waals surface area contributed by atoms with Crippen LogP contribution in [0.3, 0.4) is 0 Å². The van der Waals surface area contributed by atoms with E-state index < -0.39 is 97.5 Å². The van der Waals surface area contributed by atoms with Crippen molar-refractivity contribution < 1.29 is 80.2 Å². The molecule has 0 amide bonds. The Labute approximate surface area is 626 Å². The van der Waals surface area contributed by atoms with Crippen molar-refractivity contribution in [1.82, 2.24) is 0 Å². The fourth-order valence-corrected chi connectivity index (χ4v) is 14.4. The molecule has 0 saturated carbocycles. The first-order chi connectivity index (χ1) is 49.4. The first kappa shape index (κ1) is 100. The van der Waals surface area contributed by atoms with E-state index in [9.17, 15) is 43.2 Å². The van der Waals surface area contributed by atoms with Crippen molar-refractivity contribution in [2.24, 2.45) is 11.8 Å². The van der Waals surface area contributed by atoms with Gasteiger partial charge in [-0.3, -0.25) is 37.3 Å². The Morgan fingerprint density at radius 1 is 0.284 bits per heavy atom. The summed E-state index contributed by atoms with van der Waals surface area (Å²) in [6, 6.07) is 0. The van der Waals surface area contributed by atoms with Crippen molar-refractivity contribution in [2.45, 2.75) is 458 Å². The summed E-state index contributed by atoms with van der Waals surface area (Å²) >= 11 is 0. The van der Waals surface area contributed by atoms with Crippen molar-refractivity contribution >= 4 is 39.5 Å². The third-order valence-electron chi connectivity index (χ3n) is 19.8. The zero-order valence-electron chi connectivity index (χ0n) is 66.9. The predicted molar refractivity (Wildman–Crippen MR) is 418 cm³/mol. The number of aliphatic hydroxyl groups excluding tert-OH is 1. The third kappa shape index (κ3) is 74.9. The average molecular weight is 1490 g/mol. The van der Waals surface area contributed by atoms with Crippen LogP contribution in [0, 0.1) is 11.8 Å². The maximum atomic E-state index is 13.1. The average Bonchev–Trinajstić information content (AvgIpc) is 0.919. The maximum Gasteiger partial charge on any atom is 0.472 e. The second-order valence-corrected chi connectivity index (χ2v) is 33.5. The Morgan fingerprint density at radius 3 is 0.745 bits per heavy atom. The van der Waals surface area contributed by atoms with E-state index in [4.69, 9.17) is 37.0 Å². The number of carbonyl (C=O) groups is 4. The largest absolute Gasteiger partial charge is 0.472 e. The van der Waals surface area contributed by atoms with Crippen LogP contribution in [0.25, 0.3) is 0 Å². The maximum absolute atomic E-state index is 13.1. The highest BCUT2D eigenvalue weighted by Crippen LogP contribution is 2.45. The lowest BCUT2D eigenvalue weighted by Crippen LogP contribution is -2.30. The number of carbonyl (C=O) groups excluding carboxylic acids is 4. The Bertz CT molecular complexity index is 1960. The minimum absolute atomic E-state index is 0.108. The fraction of sp³-hybridized carbons (Fsp3) is 0.952. The molecule has 19 heteroatoms. The van der Waals surface area contributed by atoms with E-state index in [0.717, 1.165) is 108 Å². The highest BCUT2D eigenvalue weighted by atomic mass is 31.2. The summed E-state index contributed by atoms with van der Waals surface area (Å²) in [5.74, 6) is -0.576. The van der Waals surface area contributed by atoms with Gasteiger partial charge in [0.15, 0.2) is 12.2 Å². The number of esters is 4. The van der Waals surface area contributed by atoms with Crippen LogP contribution in [-0.4, -0.2) is 96.7 Å². The second-order valence-electron chi connectivity index (χ2n) is 30.6. The second kappa shape index (κ2) is 74.5. The zero-order valence-corrected chi connectivity index (χ0v) is 68.7. The normalized spacial score (nSPS) is 14.1. The molecule has 0 aliphatic heterocycles. The predicted octanol–water partition coefficient (Wildman–Crippen LogP) is 25.1. The van der Waals surface area contributed by atoms with E-state index in [1.807, 2.05) is 0 Å². The molecule has 0 aromatic carbocycles. The number of unbranched alkanes of at least 4 members (excludes halogenated alkanes) is 51. The lowest BCUT2D eigenvalue weighted by Gasteiger charge is -2.21. The van der Waals surface area contributed by atoms with Gasteiger partial charge >= 0.3 is 39.5 Å². The molecule has 0 rings (SSSR count). The Balaban J connectivity index is 5.24. The molecule has 3 unspecified atom stereocenters. The van der Waals surface area contributed by atoms with Gasteiger partial charge in [-0.2, -0.15) is 0 Å². The molecule has 0 aromatic heterocycles. The van der Waals surface area contributed by atoms with E-state index >= 15 is 0 Å². The first-order valence-corrected chi connectivity index (χ1v) is 46.0. The molecule has 0 bridgehead atoms. The van der Waals surface area contributed by atoms with Crippen LogP contribution in [0.5, 0.6) is 0 Å². The summed E-state index contributed by atoms with van der Waals surface area (Å²) in [6.45, 7) is 9.64. The van der Waals surface area contributed by atoms with Crippen LogP contribution in [0.15, 0.2) is 0 Å². The number of rotatable bonds is 82.